The summed E-state index contributed by atoms with van der Waals surface area (Å²) in [6, 6.07) is 3.88. The predicted octanol–water partition coefficient (Wildman–Crippen LogP) is 2.38. The molecular weight excluding hydrogens is 272 g/mol. The fourth-order valence-electron chi connectivity index (χ4n) is 2.00. The molecule has 5 nitrogen and oxygen atoms in total. The van der Waals surface area contributed by atoms with E-state index in [9.17, 15) is 9.59 Å². The maximum atomic E-state index is 11.7. The number of carboxylic acids is 1. The molecular formula is C11H8N2O3S2. The molecule has 1 aliphatic rings. The number of carbonyl (C=O) groups is 2. The second-order valence-electron chi connectivity index (χ2n) is 3.90. The molecule has 1 atom stereocenters. The van der Waals surface area contributed by atoms with E-state index in [0.29, 0.717) is 12.1 Å². The Bertz CT molecular complexity index is 618. The smallest absolute Gasteiger partial charge is 0.357 e. The molecule has 2 aromatic rings. The van der Waals surface area contributed by atoms with Crippen LogP contribution in [-0.4, -0.2) is 21.4 Å². The zero-order valence-corrected chi connectivity index (χ0v) is 10.7. The van der Waals surface area contributed by atoms with Crippen LogP contribution in [0.5, 0.6) is 0 Å². The first-order chi connectivity index (χ1) is 8.66. The third-order valence-corrected chi connectivity index (χ3v) is 4.72. The van der Waals surface area contributed by atoms with Gasteiger partial charge in [-0.1, -0.05) is 6.07 Å². The number of nitrogens with one attached hydrogen (secondary N) is 1. The average Bonchev–Trinajstić information content (AvgIpc) is 2.96. The highest BCUT2D eigenvalue weighted by atomic mass is 32.1. The number of thiophene rings is 1. The molecule has 0 radical (unpaired) electrons. The van der Waals surface area contributed by atoms with Gasteiger partial charge in [-0.25, -0.2) is 4.79 Å². The van der Waals surface area contributed by atoms with Gasteiger partial charge < -0.3 is 10.4 Å². The van der Waals surface area contributed by atoms with Crippen molar-refractivity contribution < 1.29 is 14.7 Å². The van der Waals surface area contributed by atoms with Crippen molar-refractivity contribution in [1.29, 1.82) is 0 Å². The number of hydrogen-bond donors (Lipinski definition) is 2. The van der Waals surface area contributed by atoms with Crippen LogP contribution in [0.15, 0.2) is 17.5 Å². The molecule has 7 heteroatoms. The summed E-state index contributed by atoms with van der Waals surface area (Å²) >= 11 is 2.71. The Labute approximate surface area is 110 Å². The van der Waals surface area contributed by atoms with Gasteiger partial charge in [0.25, 0.3) is 0 Å². The van der Waals surface area contributed by atoms with Gasteiger partial charge in [-0.2, -0.15) is 4.37 Å². The molecule has 0 aromatic carbocycles. The van der Waals surface area contributed by atoms with E-state index < -0.39 is 5.97 Å². The molecule has 92 valence electrons. The summed E-state index contributed by atoms with van der Waals surface area (Å²) in [7, 11) is 0. The molecule has 0 bridgehead atoms. The van der Waals surface area contributed by atoms with Gasteiger partial charge in [-0.05, 0) is 23.0 Å². The third-order valence-electron chi connectivity index (χ3n) is 2.78. The van der Waals surface area contributed by atoms with E-state index in [2.05, 4.69) is 9.69 Å². The van der Waals surface area contributed by atoms with Crippen molar-refractivity contribution in [3.05, 3.63) is 33.0 Å². The highest BCUT2D eigenvalue weighted by Gasteiger charge is 2.33. The van der Waals surface area contributed by atoms with Gasteiger partial charge in [0.1, 0.15) is 0 Å². The topological polar surface area (TPSA) is 79.3 Å². The minimum atomic E-state index is -1.11. The van der Waals surface area contributed by atoms with Crippen molar-refractivity contribution in [2.45, 2.75) is 12.3 Å². The van der Waals surface area contributed by atoms with Crippen molar-refractivity contribution in [3.63, 3.8) is 0 Å². The second kappa shape index (κ2) is 4.18. The monoisotopic (exact) mass is 280 g/mol. The van der Waals surface area contributed by atoms with Crippen LogP contribution in [0.25, 0.3) is 0 Å². The van der Waals surface area contributed by atoms with Gasteiger partial charge in [0, 0.05) is 17.2 Å². The first-order valence-electron chi connectivity index (χ1n) is 5.23. The van der Waals surface area contributed by atoms with Gasteiger partial charge >= 0.3 is 5.97 Å². The van der Waals surface area contributed by atoms with E-state index >= 15 is 0 Å². The number of aromatic nitrogens is 1. The molecule has 2 aromatic heterocycles. The summed E-state index contributed by atoms with van der Waals surface area (Å²) in [5, 5.41) is 13.6. The van der Waals surface area contributed by atoms with Crippen LogP contribution in [0.3, 0.4) is 0 Å². The Hall–Kier alpha value is -1.73. The van der Waals surface area contributed by atoms with Crippen molar-refractivity contribution >= 4 is 40.4 Å². The van der Waals surface area contributed by atoms with Crippen LogP contribution < -0.4 is 5.32 Å². The number of fused-ring (bicyclic) bond motifs is 1. The SMILES string of the molecule is O=C1C[C@H](c2cccs2)c2snc(C(=O)O)c2N1. The van der Waals surface area contributed by atoms with E-state index in [-0.39, 0.29) is 17.5 Å². The third kappa shape index (κ3) is 1.72. The minimum absolute atomic E-state index is 0.0652. The number of rotatable bonds is 2. The lowest BCUT2D eigenvalue weighted by atomic mass is 9.96. The molecule has 3 rings (SSSR count). The fraction of sp³-hybridized carbons (Fsp3) is 0.182. The number of amides is 1. The Morgan fingerprint density at radius 1 is 1.56 bits per heavy atom. The van der Waals surface area contributed by atoms with Gasteiger partial charge in [-0.15, -0.1) is 11.3 Å². The molecule has 0 spiro atoms. The van der Waals surface area contributed by atoms with Crippen LogP contribution in [0, 0.1) is 0 Å². The summed E-state index contributed by atoms with van der Waals surface area (Å²) in [4.78, 5) is 24.6. The Morgan fingerprint density at radius 3 is 3.06 bits per heavy atom. The van der Waals surface area contributed by atoms with Crippen LogP contribution in [-0.2, 0) is 4.79 Å². The Kier molecular flexibility index (Phi) is 2.64. The van der Waals surface area contributed by atoms with E-state index in [1.54, 1.807) is 11.3 Å². The van der Waals surface area contributed by atoms with Crippen LogP contribution in [0.4, 0.5) is 5.69 Å². The zero-order chi connectivity index (χ0) is 12.7. The normalized spacial score (nSPS) is 18.2. The highest BCUT2D eigenvalue weighted by molar-refractivity contribution is 7.10. The van der Waals surface area contributed by atoms with Crippen molar-refractivity contribution in [2.24, 2.45) is 0 Å². The number of nitrogens with zero attached hydrogens (tertiary/aromatic N) is 1. The average molecular weight is 280 g/mol. The van der Waals surface area contributed by atoms with Crippen molar-refractivity contribution in [2.75, 3.05) is 5.32 Å². The number of carbonyl (C=O) groups excluding carboxylic acids is 1. The van der Waals surface area contributed by atoms with E-state index in [1.807, 2.05) is 17.5 Å². The predicted molar refractivity (Wildman–Crippen MR) is 68.5 cm³/mol. The summed E-state index contributed by atoms with van der Waals surface area (Å²) in [5.74, 6) is -1.34. The van der Waals surface area contributed by atoms with E-state index in [0.717, 1.165) is 21.3 Å². The molecule has 1 aliphatic heterocycles. The summed E-state index contributed by atoms with van der Waals surface area (Å²) in [5.41, 5.74) is 0.298. The fourth-order valence-corrected chi connectivity index (χ4v) is 3.84. The maximum Gasteiger partial charge on any atom is 0.357 e. The summed E-state index contributed by atoms with van der Waals surface area (Å²) < 4.78 is 3.92. The molecule has 2 N–H and O–H groups in total. The molecule has 0 fully saturated rings. The van der Waals surface area contributed by atoms with Gasteiger partial charge in [-0.3, -0.25) is 4.79 Å². The van der Waals surface area contributed by atoms with Gasteiger partial charge in [0.2, 0.25) is 5.91 Å². The number of carboxylic acid groups (broad SMARTS) is 1. The van der Waals surface area contributed by atoms with Crippen LogP contribution in [0.1, 0.15) is 32.6 Å². The summed E-state index contributed by atoms with van der Waals surface area (Å²) in [6.07, 6.45) is 0.342. The lowest BCUT2D eigenvalue weighted by Crippen LogP contribution is -2.23. The van der Waals surface area contributed by atoms with E-state index in [1.165, 1.54) is 0 Å². The second-order valence-corrected chi connectivity index (χ2v) is 5.68. The van der Waals surface area contributed by atoms with Gasteiger partial charge in [0.15, 0.2) is 5.69 Å². The molecule has 0 aliphatic carbocycles. The molecule has 0 unspecified atom stereocenters. The first-order valence-corrected chi connectivity index (χ1v) is 6.88. The largest absolute Gasteiger partial charge is 0.476 e. The van der Waals surface area contributed by atoms with Crippen LogP contribution >= 0.6 is 22.9 Å². The zero-order valence-electron chi connectivity index (χ0n) is 9.04. The lowest BCUT2D eigenvalue weighted by Gasteiger charge is -2.20. The lowest BCUT2D eigenvalue weighted by molar-refractivity contribution is -0.116. The molecule has 0 saturated carbocycles. The molecule has 0 saturated heterocycles. The first kappa shape index (κ1) is 11.4. The van der Waals surface area contributed by atoms with Crippen LogP contribution in [0.2, 0.25) is 0 Å². The Morgan fingerprint density at radius 2 is 2.39 bits per heavy atom. The summed E-state index contributed by atoms with van der Waals surface area (Å²) in [6.45, 7) is 0. The quantitative estimate of drug-likeness (QED) is 0.885. The number of hydrogen-bond acceptors (Lipinski definition) is 5. The highest BCUT2D eigenvalue weighted by Crippen LogP contribution is 2.42. The van der Waals surface area contributed by atoms with Gasteiger partial charge in [0.05, 0.1) is 10.6 Å². The molecule has 18 heavy (non-hydrogen) atoms. The van der Waals surface area contributed by atoms with Crippen molar-refractivity contribution in [3.8, 4) is 0 Å². The number of anilines is 1. The minimum Gasteiger partial charge on any atom is -0.476 e. The number of aromatic carboxylic acids is 1. The standard InChI is InChI=1S/C11H8N2O3S2/c14-7-4-5(6-2-1-3-17-6)10-8(12-7)9(11(15)16)13-18-10/h1-3,5H,4H2,(H,12,14)(H,15,16)/t5-/m1/s1. The van der Waals surface area contributed by atoms with Crippen molar-refractivity contribution in [1.82, 2.24) is 4.37 Å². The van der Waals surface area contributed by atoms with E-state index in [4.69, 9.17) is 5.11 Å². The Balaban J connectivity index is 2.12. The molecule has 3 heterocycles. The molecule has 1 amide bonds. The maximum absolute atomic E-state index is 11.7.